The van der Waals surface area contributed by atoms with Gasteiger partial charge in [-0.1, -0.05) is 19.1 Å². The number of methoxy groups -OCH3 is 1. The van der Waals surface area contributed by atoms with Crippen molar-refractivity contribution in [1.82, 2.24) is 4.90 Å². The SMILES string of the molecule is COc1ccccc1N1CCN(CC(=O)Nc2sc3c(c2C#N)CCC(C)C3)CC1. The van der Waals surface area contributed by atoms with Crippen LogP contribution in [0.25, 0.3) is 0 Å². The average Bonchev–Trinajstić information content (AvgIpc) is 3.09. The number of amides is 1. The van der Waals surface area contributed by atoms with Crippen LogP contribution in [0.1, 0.15) is 29.3 Å². The second-order valence-electron chi connectivity index (χ2n) is 8.15. The first-order chi connectivity index (χ1) is 14.6. The van der Waals surface area contributed by atoms with Crippen molar-refractivity contribution in [3.8, 4) is 11.8 Å². The summed E-state index contributed by atoms with van der Waals surface area (Å²) in [7, 11) is 1.69. The van der Waals surface area contributed by atoms with Gasteiger partial charge in [0.15, 0.2) is 0 Å². The Labute approximate surface area is 182 Å². The number of piperazine rings is 1. The second kappa shape index (κ2) is 9.07. The molecule has 0 saturated carbocycles. The zero-order valence-electron chi connectivity index (χ0n) is 17.6. The largest absolute Gasteiger partial charge is 0.495 e. The normalized spacial score (nSPS) is 19.1. The molecule has 0 bridgehead atoms. The minimum atomic E-state index is -0.0381. The third-order valence-corrected chi connectivity index (χ3v) is 7.21. The summed E-state index contributed by atoms with van der Waals surface area (Å²) in [6.45, 7) is 5.93. The molecule has 1 aliphatic heterocycles. The number of thiophene rings is 1. The summed E-state index contributed by atoms with van der Waals surface area (Å²) in [5.41, 5.74) is 2.93. The molecule has 1 saturated heterocycles. The molecule has 2 aromatic rings. The van der Waals surface area contributed by atoms with E-state index in [0.29, 0.717) is 18.0 Å². The molecule has 0 radical (unpaired) electrons. The van der Waals surface area contributed by atoms with Gasteiger partial charge in [-0.25, -0.2) is 0 Å². The number of nitriles is 1. The van der Waals surface area contributed by atoms with Crippen molar-refractivity contribution in [3.63, 3.8) is 0 Å². The average molecular weight is 425 g/mol. The molecule has 1 amide bonds. The van der Waals surface area contributed by atoms with Gasteiger partial charge in [0, 0.05) is 31.1 Å². The van der Waals surface area contributed by atoms with Crippen LogP contribution in [0.3, 0.4) is 0 Å². The van der Waals surface area contributed by atoms with Crippen LogP contribution < -0.4 is 15.0 Å². The van der Waals surface area contributed by atoms with Gasteiger partial charge in [0.2, 0.25) is 5.91 Å². The van der Waals surface area contributed by atoms with Crippen LogP contribution in [-0.4, -0.2) is 50.6 Å². The molecule has 2 aliphatic rings. The van der Waals surface area contributed by atoms with Crippen LogP contribution in [-0.2, 0) is 17.6 Å². The molecule has 1 aliphatic carbocycles. The molecule has 0 spiro atoms. The summed E-state index contributed by atoms with van der Waals surface area (Å²) in [6, 6.07) is 10.4. The number of hydrogen-bond acceptors (Lipinski definition) is 6. The van der Waals surface area contributed by atoms with E-state index in [1.54, 1.807) is 18.4 Å². The van der Waals surface area contributed by atoms with Crippen molar-refractivity contribution in [2.24, 2.45) is 5.92 Å². The van der Waals surface area contributed by atoms with E-state index in [2.05, 4.69) is 34.2 Å². The Bertz CT molecular complexity index is 957. The van der Waals surface area contributed by atoms with Crippen LogP contribution in [0.4, 0.5) is 10.7 Å². The quantitative estimate of drug-likeness (QED) is 0.795. The highest BCUT2D eigenvalue weighted by molar-refractivity contribution is 7.16. The Hall–Kier alpha value is -2.56. The first-order valence-electron chi connectivity index (χ1n) is 10.5. The molecule has 1 fully saturated rings. The van der Waals surface area contributed by atoms with Crippen LogP contribution in [0, 0.1) is 17.2 Å². The van der Waals surface area contributed by atoms with Crippen molar-refractivity contribution in [3.05, 3.63) is 40.3 Å². The molecule has 1 aromatic heterocycles. The lowest BCUT2D eigenvalue weighted by molar-refractivity contribution is -0.117. The second-order valence-corrected chi connectivity index (χ2v) is 9.26. The molecule has 7 heteroatoms. The van der Waals surface area contributed by atoms with E-state index in [1.807, 2.05) is 18.2 Å². The van der Waals surface area contributed by atoms with Gasteiger partial charge < -0.3 is 15.0 Å². The first kappa shape index (κ1) is 20.7. The Balaban J connectivity index is 1.34. The van der Waals surface area contributed by atoms with Crippen LogP contribution in [0.5, 0.6) is 5.75 Å². The lowest BCUT2D eigenvalue weighted by Gasteiger charge is -2.36. The van der Waals surface area contributed by atoms with E-state index >= 15 is 0 Å². The Morgan fingerprint density at radius 2 is 2.07 bits per heavy atom. The number of anilines is 2. The van der Waals surface area contributed by atoms with Crippen molar-refractivity contribution in [2.75, 3.05) is 50.1 Å². The lowest BCUT2D eigenvalue weighted by Crippen LogP contribution is -2.48. The van der Waals surface area contributed by atoms with Gasteiger partial charge >= 0.3 is 0 Å². The molecular weight excluding hydrogens is 396 g/mol. The summed E-state index contributed by atoms with van der Waals surface area (Å²) in [5.74, 6) is 1.48. The Morgan fingerprint density at radius 3 is 2.80 bits per heavy atom. The molecule has 1 aromatic carbocycles. The predicted molar refractivity (Wildman–Crippen MR) is 120 cm³/mol. The summed E-state index contributed by atoms with van der Waals surface area (Å²) < 4.78 is 5.47. The number of carbonyl (C=O) groups is 1. The highest BCUT2D eigenvalue weighted by atomic mass is 32.1. The zero-order valence-corrected chi connectivity index (χ0v) is 18.4. The van der Waals surface area contributed by atoms with Gasteiger partial charge in [0.1, 0.15) is 16.8 Å². The minimum Gasteiger partial charge on any atom is -0.495 e. The van der Waals surface area contributed by atoms with Crippen LogP contribution >= 0.6 is 11.3 Å². The van der Waals surface area contributed by atoms with E-state index < -0.39 is 0 Å². The van der Waals surface area contributed by atoms with Gasteiger partial charge in [-0.2, -0.15) is 5.26 Å². The fraction of sp³-hybridized carbons (Fsp3) is 0.478. The van der Waals surface area contributed by atoms with Crippen molar-refractivity contribution in [2.45, 2.75) is 26.2 Å². The third-order valence-electron chi connectivity index (χ3n) is 6.04. The number of nitrogens with one attached hydrogen (secondary N) is 1. The molecule has 6 nitrogen and oxygen atoms in total. The predicted octanol–water partition coefficient (Wildman–Crippen LogP) is 3.51. The van der Waals surface area contributed by atoms with Crippen molar-refractivity contribution < 1.29 is 9.53 Å². The Kier molecular flexibility index (Phi) is 6.26. The number of hydrogen-bond donors (Lipinski definition) is 1. The first-order valence-corrected chi connectivity index (χ1v) is 11.4. The molecule has 1 N–H and O–H groups in total. The maximum absolute atomic E-state index is 12.7. The topological polar surface area (TPSA) is 68.6 Å². The van der Waals surface area contributed by atoms with Crippen LogP contribution in [0.15, 0.2) is 24.3 Å². The molecule has 158 valence electrons. The van der Waals surface area contributed by atoms with Gasteiger partial charge in [-0.15, -0.1) is 11.3 Å². The van der Waals surface area contributed by atoms with E-state index in [0.717, 1.165) is 67.4 Å². The lowest BCUT2D eigenvalue weighted by atomic mass is 9.89. The summed E-state index contributed by atoms with van der Waals surface area (Å²) in [6.07, 6.45) is 3.06. The number of para-hydroxylation sites is 2. The molecule has 30 heavy (non-hydrogen) atoms. The molecule has 4 rings (SSSR count). The zero-order chi connectivity index (χ0) is 21.1. The van der Waals surface area contributed by atoms with Crippen molar-refractivity contribution >= 4 is 27.9 Å². The number of nitrogens with zero attached hydrogens (tertiary/aromatic N) is 3. The minimum absolute atomic E-state index is 0.0381. The van der Waals surface area contributed by atoms with Gasteiger partial charge in [-0.05, 0) is 42.9 Å². The van der Waals surface area contributed by atoms with Gasteiger partial charge in [0.25, 0.3) is 0 Å². The summed E-state index contributed by atoms with van der Waals surface area (Å²) >= 11 is 1.59. The summed E-state index contributed by atoms with van der Waals surface area (Å²) in [5, 5.41) is 13.4. The smallest absolute Gasteiger partial charge is 0.239 e. The number of fused-ring (bicyclic) bond motifs is 1. The maximum Gasteiger partial charge on any atom is 0.239 e. The number of benzene rings is 1. The molecule has 1 unspecified atom stereocenters. The molecular formula is C23H28N4O2S. The monoisotopic (exact) mass is 424 g/mol. The molecule has 1 atom stereocenters. The fourth-order valence-corrected chi connectivity index (χ4v) is 5.74. The number of carbonyl (C=O) groups excluding carboxylic acids is 1. The van der Waals surface area contributed by atoms with Gasteiger partial charge in [0.05, 0.1) is 24.9 Å². The van der Waals surface area contributed by atoms with E-state index in [4.69, 9.17) is 4.74 Å². The number of ether oxygens (including phenoxy) is 1. The molecule has 2 heterocycles. The van der Waals surface area contributed by atoms with E-state index in [-0.39, 0.29) is 5.91 Å². The highest BCUT2D eigenvalue weighted by Crippen LogP contribution is 2.39. The van der Waals surface area contributed by atoms with Crippen LogP contribution in [0.2, 0.25) is 0 Å². The third kappa shape index (κ3) is 4.30. The highest BCUT2D eigenvalue weighted by Gasteiger charge is 2.26. The van der Waals surface area contributed by atoms with E-state index in [9.17, 15) is 10.1 Å². The fourth-order valence-electron chi connectivity index (χ4n) is 4.36. The number of rotatable bonds is 5. The maximum atomic E-state index is 12.7. The Morgan fingerprint density at radius 1 is 1.30 bits per heavy atom. The van der Waals surface area contributed by atoms with Gasteiger partial charge in [-0.3, -0.25) is 9.69 Å². The van der Waals surface area contributed by atoms with E-state index in [1.165, 1.54) is 4.88 Å². The summed E-state index contributed by atoms with van der Waals surface area (Å²) in [4.78, 5) is 18.4. The standard InChI is InChI=1S/C23H28N4O2S/c1-16-7-8-17-18(14-24)23(30-21(17)13-16)25-22(28)15-26-9-11-27(12-10-26)19-5-3-4-6-20(19)29-2/h3-6,16H,7-13,15H2,1-2H3,(H,25,28). The van der Waals surface area contributed by atoms with Crippen molar-refractivity contribution in [1.29, 1.82) is 5.26 Å².